The number of aliphatic hydroxyl groups is 1. The van der Waals surface area contributed by atoms with Crippen molar-refractivity contribution in [1.82, 2.24) is 0 Å². The Morgan fingerprint density at radius 2 is 0.551 bits per heavy atom. The van der Waals surface area contributed by atoms with Gasteiger partial charge in [0.2, 0.25) is 0 Å². The van der Waals surface area contributed by atoms with E-state index in [9.17, 15) is 43.2 Å². The second-order valence-corrected chi connectivity index (χ2v) is 28.8. The van der Waals surface area contributed by atoms with E-state index >= 15 is 0 Å². The first-order valence-electron chi connectivity index (χ1n) is 38.8. The summed E-state index contributed by atoms with van der Waals surface area (Å²) in [6.07, 6.45) is 72.8. The van der Waals surface area contributed by atoms with E-state index in [-0.39, 0.29) is 25.7 Å². The molecule has 0 aromatic carbocycles. The van der Waals surface area contributed by atoms with Crippen molar-refractivity contribution < 1.29 is 80.2 Å². The Morgan fingerprint density at radius 1 is 0.296 bits per heavy atom. The quantitative estimate of drug-likeness (QED) is 0.0169. The molecule has 0 aliphatic rings. The van der Waals surface area contributed by atoms with Crippen molar-refractivity contribution in [2.75, 3.05) is 39.6 Å². The second-order valence-electron chi connectivity index (χ2n) is 25.9. The summed E-state index contributed by atoms with van der Waals surface area (Å²) in [6.45, 7) is 4.68. The number of hydrogen-bond donors (Lipinski definition) is 3. The highest BCUT2D eigenvalue weighted by molar-refractivity contribution is 7.47. The Morgan fingerprint density at radius 3 is 0.878 bits per heavy atom. The van der Waals surface area contributed by atoms with Gasteiger partial charge in [-0.15, -0.1) is 0 Å². The maximum Gasteiger partial charge on any atom is 0.472 e. The lowest BCUT2D eigenvalue weighted by Gasteiger charge is -2.21. The predicted octanol–water partition coefficient (Wildman–Crippen LogP) is 22.2. The molecule has 0 rings (SSSR count). The summed E-state index contributed by atoms with van der Waals surface area (Å²) in [5.74, 6) is -2.19. The molecule has 19 heteroatoms. The van der Waals surface area contributed by atoms with Crippen LogP contribution in [0.4, 0.5) is 0 Å². The number of aliphatic hydroxyl groups excluding tert-OH is 1. The first-order chi connectivity index (χ1) is 47.7. The predicted molar refractivity (Wildman–Crippen MR) is 399 cm³/mol. The number of hydrogen-bond acceptors (Lipinski definition) is 15. The van der Waals surface area contributed by atoms with Crippen LogP contribution < -0.4 is 0 Å². The van der Waals surface area contributed by atoms with Gasteiger partial charge in [-0.25, -0.2) is 9.13 Å². The van der Waals surface area contributed by atoms with Gasteiger partial charge in [0.1, 0.15) is 19.3 Å². The zero-order valence-electron chi connectivity index (χ0n) is 62.0. The molecular weight excluding hydrogens is 1280 g/mol. The van der Waals surface area contributed by atoms with Gasteiger partial charge in [0.15, 0.2) is 12.2 Å². The number of esters is 4. The number of phosphoric acid groups is 2. The van der Waals surface area contributed by atoms with E-state index < -0.39 is 97.5 Å². The number of carbonyl (C=O) groups excluding carboxylic acids is 4. The van der Waals surface area contributed by atoms with Gasteiger partial charge < -0.3 is 33.8 Å². The first kappa shape index (κ1) is 94.2. The summed E-state index contributed by atoms with van der Waals surface area (Å²) in [5, 5.41) is 10.6. The molecule has 17 nitrogen and oxygen atoms in total. The van der Waals surface area contributed by atoms with Gasteiger partial charge >= 0.3 is 39.5 Å². The molecule has 0 fully saturated rings. The van der Waals surface area contributed by atoms with Gasteiger partial charge in [0.25, 0.3) is 0 Å². The molecule has 0 saturated carbocycles. The van der Waals surface area contributed by atoms with Crippen LogP contribution in [0.1, 0.15) is 336 Å². The van der Waals surface area contributed by atoms with Crippen LogP contribution in [0, 0.1) is 0 Å². The first-order valence-corrected chi connectivity index (χ1v) is 41.8. The summed E-state index contributed by atoms with van der Waals surface area (Å²) in [5.41, 5.74) is 0. The molecule has 0 spiro atoms. The minimum absolute atomic E-state index is 0.0838. The lowest BCUT2D eigenvalue weighted by molar-refractivity contribution is -0.161. The molecule has 568 valence electrons. The van der Waals surface area contributed by atoms with Gasteiger partial charge in [-0.1, -0.05) is 280 Å². The summed E-state index contributed by atoms with van der Waals surface area (Å²) >= 11 is 0. The Labute approximate surface area is 595 Å². The maximum atomic E-state index is 13.1. The average Bonchev–Trinajstić information content (AvgIpc) is 0.966. The summed E-state index contributed by atoms with van der Waals surface area (Å²) in [6, 6.07) is 0. The molecule has 0 bridgehead atoms. The molecule has 0 radical (unpaired) electrons. The van der Waals surface area contributed by atoms with E-state index in [1.54, 1.807) is 0 Å². The topological polar surface area (TPSA) is 237 Å². The monoisotopic (exact) mass is 1420 g/mol. The van der Waals surface area contributed by atoms with Crippen LogP contribution in [0.3, 0.4) is 0 Å². The molecule has 5 unspecified atom stereocenters. The molecule has 0 saturated heterocycles. The molecule has 0 aromatic heterocycles. The smallest absolute Gasteiger partial charge is 0.462 e. The summed E-state index contributed by atoms with van der Waals surface area (Å²) in [7, 11) is -9.95. The number of allylic oxidation sites excluding steroid dienone is 14. The zero-order chi connectivity index (χ0) is 71.8. The van der Waals surface area contributed by atoms with Crippen LogP contribution in [0.15, 0.2) is 85.1 Å². The zero-order valence-corrected chi connectivity index (χ0v) is 63.7. The van der Waals surface area contributed by atoms with E-state index in [1.165, 1.54) is 77.0 Å². The molecular formula is C79H140O17P2. The van der Waals surface area contributed by atoms with Gasteiger partial charge in [-0.3, -0.25) is 37.3 Å². The molecule has 0 aliphatic carbocycles. The molecule has 0 heterocycles. The molecule has 0 aromatic rings. The van der Waals surface area contributed by atoms with Crippen molar-refractivity contribution in [1.29, 1.82) is 0 Å². The van der Waals surface area contributed by atoms with Gasteiger partial charge in [0.05, 0.1) is 26.4 Å². The number of unbranched alkanes of at least 4 members (excludes halogenated alkanes) is 33. The van der Waals surface area contributed by atoms with Crippen molar-refractivity contribution in [2.24, 2.45) is 0 Å². The maximum absolute atomic E-state index is 13.1. The lowest BCUT2D eigenvalue weighted by Crippen LogP contribution is -2.30. The Bertz CT molecular complexity index is 2190. The van der Waals surface area contributed by atoms with Crippen LogP contribution in [0.2, 0.25) is 0 Å². The van der Waals surface area contributed by atoms with Gasteiger partial charge in [-0.2, -0.15) is 0 Å². The Kier molecular flexibility index (Phi) is 68.9. The third kappa shape index (κ3) is 70.7. The highest BCUT2D eigenvalue weighted by Gasteiger charge is 2.30. The molecule has 5 atom stereocenters. The van der Waals surface area contributed by atoms with Crippen molar-refractivity contribution in [3.63, 3.8) is 0 Å². The second kappa shape index (κ2) is 71.6. The van der Waals surface area contributed by atoms with E-state index in [4.69, 9.17) is 37.0 Å². The van der Waals surface area contributed by atoms with E-state index in [2.05, 4.69) is 113 Å². The van der Waals surface area contributed by atoms with Crippen molar-refractivity contribution in [3.05, 3.63) is 85.1 Å². The Hall–Kier alpha value is -3.76. The fourth-order valence-corrected chi connectivity index (χ4v) is 12.0. The van der Waals surface area contributed by atoms with Crippen LogP contribution in [0.5, 0.6) is 0 Å². The lowest BCUT2D eigenvalue weighted by atomic mass is 10.0. The fraction of sp³-hybridized carbons (Fsp3) is 0.772. The van der Waals surface area contributed by atoms with Crippen LogP contribution in [-0.4, -0.2) is 96.7 Å². The molecule has 0 amide bonds. The van der Waals surface area contributed by atoms with E-state index in [0.29, 0.717) is 25.7 Å². The van der Waals surface area contributed by atoms with Gasteiger partial charge in [0, 0.05) is 25.7 Å². The SMILES string of the molecule is CC/C=C\C/C=C\C/C=C\C/C=C\CCCCCCCCC(=O)OCC(COP(=O)(O)OCC(O)COP(=O)(O)OCC(COC(=O)CCCCCCC/C=C\C/C=C\CCC)OC(=O)CCCCCCC/C=C\CCCCCC)OC(=O)CCCCCCCCCCCCCCC. The summed E-state index contributed by atoms with van der Waals surface area (Å²) < 4.78 is 68.5. The minimum atomic E-state index is -4.97. The summed E-state index contributed by atoms with van der Waals surface area (Å²) in [4.78, 5) is 72.8. The van der Waals surface area contributed by atoms with Crippen molar-refractivity contribution >= 4 is 39.5 Å². The van der Waals surface area contributed by atoms with Crippen LogP contribution in [0.25, 0.3) is 0 Å². The molecule has 3 N–H and O–H groups in total. The third-order valence-corrected chi connectivity index (χ3v) is 18.2. The largest absolute Gasteiger partial charge is 0.472 e. The number of ether oxygens (including phenoxy) is 4. The molecule has 0 aliphatic heterocycles. The van der Waals surface area contributed by atoms with Crippen molar-refractivity contribution in [2.45, 2.75) is 354 Å². The van der Waals surface area contributed by atoms with E-state index in [0.717, 1.165) is 180 Å². The number of carbonyl (C=O) groups is 4. The fourth-order valence-electron chi connectivity index (χ4n) is 10.4. The molecule has 98 heavy (non-hydrogen) atoms. The Balaban J connectivity index is 5.32. The normalized spacial score (nSPS) is 14.4. The van der Waals surface area contributed by atoms with Crippen LogP contribution in [-0.2, 0) is 65.4 Å². The van der Waals surface area contributed by atoms with Gasteiger partial charge in [-0.05, 0) is 116 Å². The minimum Gasteiger partial charge on any atom is -0.462 e. The van der Waals surface area contributed by atoms with Crippen molar-refractivity contribution in [3.8, 4) is 0 Å². The number of phosphoric ester groups is 2. The number of rotatable bonds is 73. The van der Waals surface area contributed by atoms with Crippen LogP contribution >= 0.6 is 15.6 Å². The standard InChI is InChI=1S/C79H140O17P2/c1-5-9-13-17-21-25-29-33-34-35-36-37-38-42-44-48-52-56-60-64-77(82)90-70-75(96-79(84)66-62-58-54-50-46-41-32-28-24-20-16-12-8-4)72-94-98(87,88)92-68-73(80)67-91-97(85,86)93-71-74(95-78(83)65-61-57-53-49-45-40-31-27-23-19-15-11-7-3)69-89-76(81)63-59-55-51-47-43-39-30-26-22-18-14-10-6-2/h9,13-14,18,21,25-27,30-31,33-34,36-37,73-75,80H,5-8,10-12,15-17,19-20,22-24,28-29,32,35,38-72H2,1-4H3,(H,85,86)(H,87,88)/b13-9-,18-14-,25-21-,30-26-,31-27-,34-33-,37-36-. The van der Waals surface area contributed by atoms with E-state index in [1.807, 2.05) is 0 Å². The third-order valence-electron chi connectivity index (χ3n) is 16.3. The highest BCUT2D eigenvalue weighted by Crippen LogP contribution is 2.45. The average molecular weight is 1420 g/mol. The highest BCUT2D eigenvalue weighted by atomic mass is 31.2.